The first-order valence-corrected chi connectivity index (χ1v) is 6.74. The van der Waals surface area contributed by atoms with Crippen molar-refractivity contribution in [3.63, 3.8) is 0 Å². The fourth-order valence-corrected chi connectivity index (χ4v) is 2.13. The van der Waals surface area contributed by atoms with Crippen LogP contribution in [0.1, 0.15) is 21.7 Å². The molecule has 3 heterocycles. The molecule has 0 aromatic carbocycles. The van der Waals surface area contributed by atoms with Gasteiger partial charge >= 0.3 is 5.97 Å². The summed E-state index contributed by atoms with van der Waals surface area (Å²) in [7, 11) is 0. The van der Waals surface area contributed by atoms with Crippen LogP contribution in [0.15, 0.2) is 42.7 Å². The Hall–Kier alpha value is -3.02. The van der Waals surface area contributed by atoms with Crippen LogP contribution in [-0.2, 0) is 0 Å². The van der Waals surface area contributed by atoms with E-state index in [0.717, 1.165) is 11.3 Å². The number of pyridine rings is 2. The minimum Gasteiger partial charge on any atom is -0.476 e. The molecule has 3 aromatic rings. The lowest BCUT2D eigenvalue weighted by atomic mass is 10.2. The van der Waals surface area contributed by atoms with Crippen molar-refractivity contribution < 1.29 is 9.90 Å². The summed E-state index contributed by atoms with van der Waals surface area (Å²) in [5.41, 5.74) is 3.86. The van der Waals surface area contributed by atoms with Crippen molar-refractivity contribution in [2.45, 2.75) is 13.8 Å². The molecule has 1 N–H and O–H groups in total. The molecule has 0 aliphatic rings. The van der Waals surface area contributed by atoms with E-state index in [2.05, 4.69) is 15.1 Å². The summed E-state index contributed by atoms with van der Waals surface area (Å²) >= 11 is 0. The molecule has 0 unspecified atom stereocenters. The molecule has 0 fully saturated rings. The number of carboxylic acids is 1. The zero-order valence-corrected chi connectivity index (χ0v) is 12.2. The standard InChI is InChI=1S/C16H14N4O2/c1-10-5-6-17-13(7-10)15-8-14(16(21)22)19-20(15)12-4-3-11(2)18-9-12/h3-9H,1-2H3,(H,21,22). The third-order valence-corrected chi connectivity index (χ3v) is 3.25. The summed E-state index contributed by atoms with van der Waals surface area (Å²) in [6.45, 7) is 3.84. The molecule has 6 heteroatoms. The highest BCUT2D eigenvalue weighted by Crippen LogP contribution is 2.23. The second-order valence-electron chi connectivity index (χ2n) is 5.01. The Labute approximate surface area is 127 Å². The lowest BCUT2D eigenvalue weighted by molar-refractivity contribution is 0.0690. The number of hydrogen-bond acceptors (Lipinski definition) is 4. The van der Waals surface area contributed by atoms with Crippen LogP contribution in [0.2, 0.25) is 0 Å². The highest BCUT2D eigenvalue weighted by Gasteiger charge is 2.17. The third-order valence-electron chi connectivity index (χ3n) is 3.25. The minimum absolute atomic E-state index is 0.0288. The van der Waals surface area contributed by atoms with Gasteiger partial charge in [-0.1, -0.05) is 0 Å². The maximum Gasteiger partial charge on any atom is 0.356 e. The number of carboxylic acid groups (broad SMARTS) is 1. The number of aromatic nitrogens is 4. The van der Waals surface area contributed by atoms with Crippen molar-refractivity contribution in [1.29, 1.82) is 0 Å². The van der Waals surface area contributed by atoms with E-state index in [-0.39, 0.29) is 5.69 Å². The number of hydrogen-bond donors (Lipinski definition) is 1. The molecule has 0 aliphatic heterocycles. The molecule has 0 saturated heterocycles. The van der Waals surface area contributed by atoms with Crippen molar-refractivity contribution in [3.8, 4) is 17.1 Å². The van der Waals surface area contributed by atoms with E-state index in [1.54, 1.807) is 17.1 Å². The first-order valence-electron chi connectivity index (χ1n) is 6.74. The van der Waals surface area contributed by atoms with Gasteiger partial charge in [0.15, 0.2) is 5.69 Å². The first-order chi connectivity index (χ1) is 10.5. The van der Waals surface area contributed by atoms with E-state index < -0.39 is 5.97 Å². The highest BCUT2D eigenvalue weighted by molar-refractivity contribution is 5.87. The molecule has 110 valence electrons. The van der Waals surface area contributed by atoms with Gasteiger partial charge in [-0.25, -0.2) is 9.48 Å². The average molecular weight is 294 g/mol. The molecule has 3 aromatic heterocycles. The molecular formula is C16H14N4O2. The van der Waals surface area contributed by atoms with Crippen molar-refractivity contribution in [2.75, 3.05) is 0 Å². The van der Waals surface area contributed by atoms with Crippen LogP contribution >= 0.6 is 0 Å². The van der Waals surface area contributed by atoms with Crippen molar-refractivity contribution >= 4 is 5.97 Å². The van der Waals surface area contributed by atoms with Gasteiger partial charge in [0.2, 0.25) is 0 Å². The maximum absolute atomic E-state index is 11.2. The largest absolute Gasteiger partial charge is 0.476 e. The van der Waals surface area contributed by atoms with Gasteiger partial charge in [0.1, 0.15) is 0 Å². The molecule has 0 atom stereocenters. The number of nitrogens with zero attached hydrogens (tertiary/aromatic N) is 4. The maximum atomic E-state index is 11.2. The summed E-state index contributed by atoms with van der Waals surface area (Å²) in [4.78, 5) is 19.8. The van der Waals surface area contributed by atoms with Crippen LogP contribution in [0.5, 0.6) is 0 Å². The van der Waals surface area contributed by atoms with E-state index in [1.807, 2.05) is 38.1 Å². The van der Waals surface area contributed by atoms with Crippen LogP contribution in [-0.4, -0.2) is 30.8 Å². The van der Waals surface area contributed by atoms with Crippen LogP contribution in [0.4, 0.5) is 0 Å². The molecule has 0 aliphatic carbocycles. The zero-order chi connectivity index (χ0) is 15.7. The minimum atomic E-state index is -1.08. The Morgan fingerprint density at radius 3 is 2.59 bits per heavy atom. The first kappa shape index (κ1) is 13.9. The van der Waals surface area contributed by atoms with Gasteiger partial charge in [-0.05, 0) is 43.7 Å². The normalized spacial score (nSPS) is 10.6. The van der Waals surface area contributed by atoms with Crippen LogP contribution in [0.3, 0.4) is 0 Å². The monoisotopic (exact) mass is 294 g/mol. The second kappa shape index (κ2) is 5.40. The Morgan fingerprint density at radius 1 is 1.14 bits per heavy atom. The summed E-state index contributed by atoms with van der Waals surface area (Å²) < 4.78 is 1.55. The predicted octanol–water partition coefficient (Wildman–Crippen LogP) is 2.64. The van der Waals surface area contributed by atoms with E-state index in [0.29, 0.717) is 17.1 Å². The van der Waals surface area contributed by atoms with E-state index in [4.69, 9.17) is 0 Å². The van der Waals surface area contributed by atoms with Gasteiger partial charge in [-0.3, -0.25) is 9.97 Å². The van der Waals surface area contributed by atoms with Gasteiger partial charge in [0.05, 0.1) is 23.3 Å². The number of carbonyl (C=O) groups is 1. The lowest BCUT2D eigenvalue weighted by Gasteiger charge is -2.07. The summed E-state index contributed by atoms with van der Waals surface area (Å²) in [6, 6.07) is 8.99. The van der Waals surface area contributed by atoms with Gasteiger partial charge in [-0.15, -0.1) is 0 Å². The molecule has 3 rings (SSSR count). The van der Waals surface area contributed by atoms with E-state index in [9.17, 15) is 9.90 Å². The third kappa shape index (κ3) is 2.58. The van der Waals surface area contributed by atoms with Crippen LogP contribution < -0.4 is 0 Å². The molecule has 22 heavy (non-hydrogen) atoms. The van der Waals surface area contributed by atoms with Crippen LogP contribution in [0.25, 0.3) is 17.1 Å². The Balaban J connectivity index is 2.20. The molecule has 0 spiro atoms. The SMILES string of the molecule is Cc1ccnc(-c2cc(C(=O)O)nn2-c2ccc(C)nc2)c1. The molecular weight excluding hydrogens is 280 g/mol. The number of aromatic carboxylic acids is 1. The van der Waals surface area contributed by atoms with Gasteiger partial charge < -0.3 is 5.11 Å². The lowest BCUT2D eigenvalue weighted by Crippen LogP contribution is -2.03. The zero-order valence-electron chi connectivity index (χ0n) is 12.2. The Morgan fingerprint density at radius 2 is 1.95 bits per heavy atom. The highest BCUT2D eigenvalue weighted by atomic mass is 16.4. The summed E-state index contributed by atoms with van der Waals surface area (Å²) in [5, 5.41) is 13.4. The molecule has 0 bridgehead atoms. The smallest absolute Gasteiger partial charge is 0.356 e. The van der Waals surface area contributed by atoms with E-state index in [1.165, 1.54) is 6.07 Å². The average Bonchev–Trinajstić information content (AvgIpc) is 2.93. The van der Waals surface area contributed by atoms with Crippen LogP contribution in [0, 0.1) is 13.8 Å². The molecule has 0 radical (unpaired) electrons. The summed E-state index contributed by atoms with van der Waals surface area (Å²) in [5.74, 6) is -1.08. The summed E-state index contributed by atoms with van der Waals surface area (Å²) in [6.07, 6.45) is 3.35. The van der Waals surface area contributed by atoms with Crippen molar-refractivity contribution in [1.82, 2.24) is 19.7 Å². The van der Waals surface area contributed by atoms with Gasteiger partial charge in [-0.2, -0.15) is 5.10 Å². The van der Waals surface area contributed by atoms with Gasteiger partial charge in [0, 0.05) is 18.0 Å². The quantitative estimate of drug-likeness (QED) is 0.803. The van der Waals surface area contributed by atoms with Crippen molar-refractivity contribution in [3.05, 3.63) is 59.7 Å². The second-order valence-corrected chi connectivity index (χ2v) is 5.01. The van der Waals surface area contributed by atoms with Crippen molar-refractivity contribution in [2.24, 2.45) is 0 Å². The number of aryl methyl sites for hydroxylation is 2. The Bertz CT molecular complexity index is 838. The number of rotatable bonds is 3. The Kier molecular flexibility index (Phi) is 3.42. The molecule has 0 amide bonds. The van der Waals surface area contributed by atoms with Gasteiger partial charge in [0.25, 0.3) is 0 Å². The van der Waals surface area contributed by atoms with E-state index >= 15 is 0 Å². The predicted molar refractivity (Wildman–Crippen MR) is 81.0 cm³/mol. The topological polar surface area (TPSA) is 80.9 Å². The fourth-order valence-electron chi connectivity index (χ4n) is 2.13. The molecule has 0 saturated carbocycles. The molecule has 6 nitrogen and oxygen atoms in total. The fraction of sp³-hybridized carbons (Fsp3) is 0.125.